The number of hydrogen-bond acceptors (Lipinski definition) is 4. The molecule has 0 spiro atoms. The SMILES string of the molecule is CCOC(CC(=O)O)C(=O)Oc1cc(Cl)c(Cl)cc1Cl. The molecule has 1 unspecified atom stereocenters. The van der Waals surface area contributed by atoms with Crippen molar-refractivity contribution in [2.24, 2.45) is 0 Å². The van der Waals surface area contributed by atoms with Crippen LogP contribution in [0.2, 0.25) is 15.1 Å². The monoisotopic (exact) mass is 340 g/mol. The van der Waals surface area contributed by atoms with Crippen LogP contribution in [-0.2, 0) is 14.3 Å². The summed E-state index contributed by atoms with van der Waals surface area (Å²) in [6.45, 7) is 1.80. The first-order valence-corrected chi connectivity index (χ1v) is 6.68. The topological polar surface area (TPSA) is 72.8 Å². The first-order valence-electron chi connectivity index (χ1n) is 5.54. The maximum Gasteiger partial charge on any atom is 0.341 e. The molecule has 1 atom stereocenters. The van der Waals surface area contributed by atoms with Crippen molar-refractivity contribution in [2.75, 3.05) is 6.61 Å². The van der Waals surface area contributed by atoms with E-state index in [-0.39, 0.29) is 27.4 Å². The van der Waals surface area contributed by atoms with Gasteiger partial charge in [0.05, 0.1) is 21.5 Å². The van der Waals surface area contributed by atoms with Gasteiger partial charge in [-0.15, -0.1) is 0 Å². The van der Waals surface area contributed by atoms with Crippen molar-refractivity contribution in [3.8, 4) is 5.75 Å². The van der Waals surface area contributed by atoms with Crippen LogP contribution in [0, 0.1) is 0 Å². The van der Waals surface area contributed by atoms with Gasteiger partial charge in [0.15, 0.2) is 11.9 Å². The fourth-order valence-corrected chi connectivity index (χ4v) is 1.90. The Morgan fingerprint density at radius 2 is 1.80 bits per heavy atom. The molecule has 0 amide bonds. The maximum atomic E-state index is 11.8. The zero-order chi connectivity index (χ0) is 15.3. The molecule has 0 bridgehead atoms. The number of rotatable bonds is 6. The molecular weight excluding hydrogens is 330 g/mol. The number of carbonyl (C=O) groups excluding carboxylic acids is 1. The van der Waals surface area contributed by atoms with Gasteiger partial charge in [0.25, 0.3) is 0 Å². The summed E-state index contributed by atoms with van der Waals surface area (Å²) in [7, 11) is 0. The average molecular weight is 342 g/mol. The molecule has 1 aromatic rings. The van der Waals surface area contributed by atoms with Gasteiger partial charge in [-0.25, -0.2) is 4.79 Å². The van der Waals surface area contributed by atoms with Gasteiger partial charge in [0, 0.05) is 12.7 Å². The van der Waals surface area contributed by atoms with Crippen LogP contribution in [0.1, 0.15) is 13.3 Å². The first kappa shape index (κ1) is 17.0. The van der Waals surface area contributed by atoms with Crippen LogP contribution in [0.5, 0.6) is 5.75 Å². The molecule has 0 aliphatic rings. The molecule has 0 aromatic heterocycles. The number of halogens is 3. The van der Waals surface area contributed by atoms with E-state index in [4.69, 9.17) is 49.4 Å². The van der Waals surface area contributed by atoms with Crippen molar-refractivity contribution < 1.29 is 24.2 Å². The van der Waals surface area contributed by atoms with Crippen molar-refractivity contribution in [1.82, 2.24) is 0 Å². The van der Waals surface area contributed by atoms with E-state index in [0.29, 0.717) is 0 Å². The molecule has 0 radical (unpaired) electrons. The summed E-state index contributed by atoms with van der Waals surface area (Å²) in [5, 5.41) is 9.16. The minimum absolute atomic E-state index is 0.0128. The number of hydrogen-bond donors (Lipinski definition) is 1. The van der Waals surface area contributed by atoms with Crippen LogP contribution >= 0.6 is 34.8 Å². The van der Waals surface area contributed by atoms with Crippen molar-refractivity contribution >= 4 is 46.7 Å². The van der Waals surface area contributed by atoms with E-state index in [1.165, 1.54) is 12.1 Å². The predicted molar refractivity (Wildman–Crippen MR) is 74.8 cm³/mol. The quantitative estimate of drug-likeness (QED) is 0.487. The second kappa shape index (κ2) is 7.69. The zero-order valence-electron chi connectivity index (χ0n) is 10.4. The Morgan fingerprint density at radius 1 is 1.20 bits per heavy atom. The average Bonchev–Trinajstić information content (AvgIpc) is 2.34. The Labute approximate surface area is 130 Å². The lowest BCUT2D eigenvalue weighted by molar-refractivity contribution is -0.154. The number of esters is 1. The summed E-state index contributed by atoms with van der Waals surface area (Å²) in [4.78, 5) is 22.5. The third-order valence-electron chi connectivity index (χ3n) is 2.18. The fourth-order valence-electron chi connectivity index (χ4n) is 1.33. The molecule has 0 aliphatic heterocycles. The minimum atomic E-state index is -1.22. The number of carboxylic acids is 1. The molecule has 5 nitrogen and oxygen atoms in total. The zero-order valence-corrected chi connectivity index (χ0v) is 12.6. The Bertz CT molecular complexity index is 518. The number of ether oxygens (including phenoxy) is 2. The third-order valence-corrected chi connectivity index (χ3v) is 3.19. The Hall–Kier alpha value is -1.01. The number of aliphatic carboxylic acids is 1. The second-order valence-corrected chi connectivity index (χ2v) is 4.88. The summed E-state index contributed by atoms with van der Waals surface area (Å²) >= 11 is 17.4. The minimum Gasteiger partial charge on any atom is -0.481 e. The summed E-state index contributed by atoms with van der Waals surface area (Å²) < 4.78 is 10.0. The molecular formula is C12H11Cl3O5. The van der Waals surface area contributed by atoms with E-state index >= 15 is 0 Å². The first-order chi connectivity index (χ1) is 9.35. The van der Waals surface area contributed by atoms with Crippen molar-refractivity contribution in [2.45, 2.75) is 19.4 Å². The van der Waals surface area contributed by atoms with Gasteiger partial charge in [0.1, 0.15) is 0 Å². The van der Waals surface area contributed by atoms with Crippen LogP contribution in [0.15, 0.2) is 12.1 Å². The van der Waals surface area contributed by atoms with Gasteiger partial charge in [-0.2, -0.15) is 0 Å². The Kier molecular flexibility index (Phi) is 6.55. The van der Waals surface area contributed by atoms with E-state index in [1.807, 2.05) is 0 Å². The highest BCUT2D eigenvalue weighted by Crippen LogP contribution is 2.34. The molecule has 0 saturated carbocycles. The van der Waals surface area contributed by atoms with E-state index < -0.39 is 24.5 Å². The summed E-state index contributed by atoms with van der Waals surface area (Å²) in [6.07, 6.45) is -1.73. The van der Waals surface area contributed by atoms with Gasteiger partial charge in [-0.1, -0.05) is 34.8 Å². The summed E-state index contributed by atoms with van der Waals surface area (Å²) in [5.74, 6) is -2.06. The van der Waals surface area contributed by atoms with Gasteiger partial charge < -0.3 is 14.6 Å². The molecule has 1 N–H and O–H groups in total. The fraction of sp³-hybridized carbons (Fsp3) is 0.333. The molecule has 8 heteroatoms. The standard InChI is InChI=1S/C12H11Cl3O5/c1-2-19-10(5-11(16)17)12(18)20-9-4-7(14)6(13)3-8(9)15/h3-4,10H,2,5H2,1H3,(H,16,17). The highest BCUT2D eigenvalue weighted by molar-refractivity contribution is 6.43. The van der Waals surface area contributed by atoms with Crippen LogP contribution in [0.3, 0.4) is 0 Å². The van der Waals surface area contributed by atoms with Gasteiger partial charge in [0.2, 0.25) is 0 Å². The van der Waals surface area contributed by atoms with Gasteiger partial charge >= 0.3 is 11.9 Å². The smallest absolute Gasteiger partial charge is 0.341 e. The molecule has 0 fully saturated rings. The molecule has 0 aliphatic carbocycles. The molecule has 1 aromatic carbocycles. The normalized spacial score (nSPS) is 12.0. The third kappa shape index (κ3) is 4.83. The lowest BCUT2D eigenvalue weighted by Crippen LogP contribution is -2.31. The van der Waals surface area contributed by atoms with Crippen molar-refractivity contribution in [3.63, 3.8) is 0 Å². The second-order valence-electron chi connectivity index (χ2n) is 3.66. The van der Waals surface area contributed by atoms with E-state index in [2.05, 4.69) is 0 Å². The van der Waals surface area contributed by atoms with Crippen LogP contribution in [-0.4, -0.2) is 29.8 Å². The summed E-state index contributed by atoms with van der Waals surface area (Å²) in [5.41, 5.74) is 0. The molecule has 0 heterocycles. The number of benzene rings is 1. The van der Waals surface area contributed by atoms with E-state index in [0.717, 1.165) is 0 Å². The maximum absolute atomic E-state index is 11.8. The van der Waals surface area contributed by atoms with E-state index in [9.17, 15) is 9.59 Å². The van der Waals surface area contributed by atoms with Gasteiger partial charge in [-0.05, 0) is 13.0 Å². The lowest BCUT2D eigenvalue weighted by Gasteiger charge is -2.14. The van der Waals surface area contributed by atoms with E-state index in [1.54, 1.807) is 6.92 Å². The van der Waals surface area contributed by atoms with Crippen LogP contribution in [0.25, 0.3) is 0 Å². The Morgan fingerprint density at radius 3 is 2.35 bits per heavy atom. The largest absolute Gasteiger partial charge is 0.481 e. The Balaban J connectivity index is 2.87. The molecule has 110 valence electrons. The highest BCUT2D eigenvalue weighted by Gasteiger charge is 2.25. The molecule has 0 saturated heterocycles. The van der Waals surface area contributed by atoms with Crippen molar-refractivity contribution in [1.29, 1.82) is 0 Å². The molecule has 1 rings (SSSR count). The predicted octanol–water partition coefficient (Wildman–Crippen LogP) is 3.43. The number of carbonyl (C=O) groups is 2. The lowest BCUT2D eigenvalue weighted by atomic mass is 10.2. The van der Waals surface area contributed by atoms with Crippen molar-refractivity contribution in [3.05, 3.63) is 27.2 Å². The molecule has 20 heavy (non-hydrogen) atoms. The van der Waals surface area contributed by atoms with Gasteiger partial charge in [-0.3, -0.25) is 4.79 Å². The summed E-state index contributed by atoms with van der Waals surface area (Å²) in [6, 6.07) is 2.59. The number of carboxylic acid groups (broad SMARTS) is 1. The highest BCUT2D eigenvalue weighted by atomic mass is 35.5. The van der Waals surface area contributed by atoms with Crippen LogP contribution < -0.4 is 4.74 Å². The van der Waals surface area contributed by atoms with Crippen LogP contribution in [0.4, 0.5) is 0 Å².